The van der Waals surface area contributed by atoms with E-state index in [4.69, 9.17) is 0 Å². The Bertz CT molecular complexity index is 963. The standard InChI is InChI=1S/C18H16F2N4O/c1-24-8-11(9-24)21-18(25)17-13-7-10(5-6-15(13)22-23-17)12-3-2-4-14(19)16(12)20/h2-7,11H,8-9H2,1H3,(H,21,25)(H,22,23). The SMILES string of the molecule is CN1CC(NC(=O)c2n[nH]c3ccc(-c4cccc(F)c4F)cc23)C1. The number of hydrogen-bond donors (Lipinski definition) is 2. The van der Waals surface area contributed by atoms with E-state index in [-0.39, 0.29) is 23.2 Å². The maximum Gasteiger partial charge on any atom is 0.272 e. The van der Waals surface area contributed by atoms with Crippen LogP contribution in [0.3, 0.4) is 0 Å². The molecular weight excluding hydrogens is 326 g/mol. The molecule has 1 fully saturated rings. The lowest BCUT2D eigenvalue weighted by atomic mass is 10.0. The minimum absolute atomic E-state index is 0.105. The summed E-state index contributed by atoms with van der Waals surface area (Å²) in [5, 5.41) is 10.4. The predicted octanol–water partition coefficient (Wildman–Crippen LogP) is 2.55. The molecule has 25 heavy (non-hydrogen) atoms. The molecule has 0 unspecified atom stereocenters. The Hall–Kier alpha value is -2.80. The molecule has 0 radical (unpaired) electrons. The third-order valence-corrected chi connectivity index (χ3v) is 4.44. The minimum atomic E-state index is -0.908. The number of fused-ring (bicyclic) bond motifs is 1. The van der Waals surface area contributed by atoms with Crippen LogP contribution in [-0.2, 0) is 0 Å². The van der Waals surface area contributed by atoms with Crippen LogP contribution < -0.4 is 5.32 Å². The second-order valence-electron chi connectivity index (χ2n) is 6.33. The molecule has 0 spiro atoms. The second kappa shape index (κ2) is 5.93. The third kappa shape index (κ3) is 2.76. The fraction of sp³-hybridized carbons (Fsp3) is 0.222. The summed E-state index contributed by atoms with van der Waals surface area (Å²) in [4.78, 5) is 14.5. The first-order valence-corrected chi connectivity index (χ1v) is 7.95. The van der Waals surface area contributed by atoms with Crippen LogP contribution in [0.4, 0.5) is 8.78 Å². The molecule has 2 aromatic carbocycles. The van der Waals surface area contributed by atoms with Gasteiger partial charge in [0.15, 0.2) is 17.3 Å². The fourth-order valence-corrected chi connectivity index (χ4v) is 3.13. The van der Waals surface area contributed by atoms with Gasteiger partial charge in [0, 0.05) is 24.0 Å². The normalized spacial score (nSPS) is 15.3. The van der Waals surface area contributed by atoms with Crippen molar-refractivity contribution >= 4 is 16.8 Å². The van der Waals surface area contributed by atoms with E-state index in [1.165, 1.54) is 12.1 Å². The molecule has 5 nitrogen and oxygen atoms in total. The number of amides is 1. The lowest BCUT2D eigenvalue weighted by Gasteiger charge is -2.36. The van der Waals surface area contributed by atoms with E-state index in [1.807, 2.05) is 7.05 Å². The van der Waals surface area contributed by atoms with Crippen LogP contribution in [0, 0.1) is 11.6 Å². The molecule has 1 aromatic heterocycles. The highest BCUT2D eigenvalue weighted by Crippen LogP contribution is 2.28. The van der Waals surface area contributed by atoms with E-state index in [0.717, 1.165) is 19.2 Å². The van der Waals surface area contributed by atoms with Crippen molar-refractivity contribution in [2.24, 2.45) is 0 Å². The van der Waals surface area contributed by atoms with E-state index in [2.05, 4.69) is 20.4 Å². The van der Waals surface area contributed by atoms with Gasteiger partial charge in [-0.05, 0) is 30.8 Å². The highest BCUT2D eigenvalue weighted by molar-refractivity contribution is 6.05. The average molecular weight is 342 g/mol. The fourth-order valence-electron chi connectivity index (χ4n) is 3.13. The van der Waals surface area contributed by atoms with Crippen molar-refractivity contribution in [3.05, 3.63) is 53.7 Å². The van der Waals surface area contributed by atoms with Crippen LogP contribution in [0.25, 0.3) is 22.0 Å². The number of likely N-dealkylation sites (N-methyl/N-ethyl adjacent to an activating group) is 1. The molecule has 0 aliphatic carbocycles. The number of aromatic amines is 1. The Balaban J connectivity index is 1.70. The molecule has 4 rings (SSSR count). The average Bonchev–Trinajstić information content (AvgIpc) is 2.99. The summed E-state index contributed by atoms with van der Waals surface area (Å²) in [7, 11) is 1.98. The first-order chi connectivity index (χ1) is 12.0. The first kappa shape index (κ1) is 15.7. The quantitative estimate of drug-likeness (QED) is 0.769. The van der Waals surface area contributed by atoms with Crippen LogP contribution in [0.2, 0.25) is 0 Å². The van der Waals surface area contributed by atoms with Gasteiger partial charge in [0.05, 0.1) is 11.6 Å². The summed E-state index contributed by atoms with van der Waals surface area (Å²) in [6, 6.07) is 9.16. The molecule has 1 amide bonds. The molecule has 128 valence electrons. The zero-order valence-corrected chi connectivity index (χ0v) is 13.5. The van der Waals surface area contributed by atoms with E-state index in [0.29, 0.717) is 16.5 Å². The lowest BCUT2D eigenvalue weighted by Crippen LogP contribution is -2.57. The zero-order valence-electron chi connectivity index (χ0n) is 13.5. The van der Waals surface area contributed by atoms with Crippen molar-refractivity contribution in [2.45, 2.75) is 6.04 Å². The monoisotopic (exact) mass is 342 g/mol. The Kier molecular flexibility index (Phi) is 3.73. The smallest absolute Gasteiger partial charge is 0.272 e. The summed E-state index contributed by atoms with van der Waals surface area (Å²) >= 11 is 0. The van der Waals surface area contributed by atoms with Crippen molar-refractivity contribution < 1.29 is 13.6 Å². The number of rotatable bonds is 3. The topological polar surface area (TPSA) is 61.0 Å². The predicted molar refractivity (Wildman–Crippen MR) is 90.2 cm³/mol. The number of halogens is 2. The van der Waals surface area contributed by atoms with Crippen molar-refractivity contribution in [3.63, 3.8) is 0 Å². The van der Waals surface area contributed by atoms with Gasteiger partial charge >= 0.3 is 0 Å². The van der Waals surface area contributed by atoms with E-state index in [1.54, 1.807) is 18.2 Å². The molecule has 1 saturated heterocycles. The number of nitrogens with zero attached hydrogens (tertiary/aromatic N) is 2. The van der Waals surface area contributed by atoms with Gasteiger partial charge in [0.2, 0.25) is 0 Å². The molecule has 2 N–H and O–H groups in total. The number of nitrogens with one attached hydrogen (secondary N) is 2. The van der Waals surface area contributed by atoms with Crippen molar-refractivity contribution in [1.29, 1.82) is 0 Å². The van der Waals surface area contributed by atoms with E-state index in [9.17, 15) is 13.6 Å². The van der Waals surface area contributed by atoms with Crippen molar-refractivity contribution in [1.82, 2.24) is 20.4 Å². The van der Waals surface area contributed by atoms with Crippen molar-refractivity contribution in [3.8, 4) is 11.1 Å². The lowest BCUT2D eigenvalue weighted by molar-refractivity contribution is 0.0854. The van der Waals surface area contributed by atoms with Gasteiger partial charge in [-0.2, -0.15) is 5.10 Å². The van der Waals surface area contributed by atoms with Gasteiger partial charge in [-0.15, -0.1) is 0 Å². The largest absolute Gasteiger partial charge is 0.345 e. The van der Waals surface area contributed by atoms with Crippen LogP contribution in [0.1, 0.15) is 10.5 Å². The molecular formula is C18H16F2N4O. The Morgan fingerprint density at radius 1 is 1.28 bits per heavy atom. The summed E-state index contributed by atoms with van der Waals surface area (Å²) in [6.45, 7) is 1.60. The number of likely N-dealkylation sites (tertiary alicyclic amines) is 1. The van der Waals surface area contributed by atoms with Crippen LogP contribution in [0.5, 0.6) is 0 Å². The van der Waals surface area contributed by atoms with E-state index < -0.39 is 11.6 Å². The number of benzene rings is 2. The van der Waals surface area contributed by atoms with Gasteiger partial charge in [0.1, 0.15) is 0 Å². The minimum Gasteiger partial charge on any atom is -0.345 e. The molecule has 0 bridgehead atoms. The Morgan fingerprint density at radius 2 is 2.08 bits per heavy atom. The van der Waals surface area contributed by atoms with Gasteiger partial charge < -0.3 is 10.2 Å². The molecule has 7 heteroatoms. The summed E-state index contributed by atoms with van der Waals surface area (Å²) in [5.41, 5.74) is 1.55. The van der Waals surface area contributed by atoms with Crippen LogP contribution in [-0.4, -0.2) is 47.2 Å². The van der Waals surface area contributed by atoms with Crippen LogP contribution in [0.15, 0.2) is 36.4 Å². The Labute approximate surface area is 142 Å². The summed E-state index contributed by atoms with van der Waals surface area (Å²) in [5.74, 6) is -2.09. The second-order valence-corrected chi connectivity index (χ2v) is 6.33. The van der Waals surface area contributed by atoms with E-state index >= 15 is 0 Å². The van der Waals surface area contributed by atoms with Gasteiger partial charge in [0.25, 0.3) is 5.91 Å². The number of carbonyl (C=O) groups excluding carboxylic acids is 1. The molecule has 2 heterocycles. The third-order valence-electron chi connectivity index (χ3n) is 4.44. The molecule has 1 aliphatic heterocycles. The van der Waals surface area contributed by atoms with Crippen LogP contribution >= 0.6 is 0 Å². The van der Waals surface area contributed by atoms with Crippen molar-refractivity contribution in [2.75, 3.05) is 20.1 Å². The number of carbonyl (C=O) groups is 1. The first-order valence-electron chi connectivity index (χ1n) is 7.95. The number of hydrogen-bond acceptors (Lipinski definition) is 3. The molecule has 0 atom stereocenters. The summed E-state index contributed by atoms with van der Waals surface area (Å²) < 4.78 is 27.5. The highest BCUT2D eigenvalue weighted by atomic mass is 19.2. The van der Waals surface area contributed by atoms with Gasteiger partial charge in [-0.3, -0.25) is 9.89 Å². The van der Waals surface area contributed by atoms with Gasteiger partial charge in [-0.1, -0.05) is 18.2 Å². The number of aromatic nitrogens is 2. The highest BCUT2D eigenvalue weighted by Gasteiger charge is 2.26. The Morgan fingerprint density at radius 3 is 2.84 bits per heavy atom. The van der Waals surface area contributed by atoms with Gasteiger partial charge in [-0.25, -0.2) is 8.78 Å². The zero-order chi connectivity index (χ0) is 17.6. The molecule has 1 aliphatic rings. The number of H-pyrrole nitrogens is 1. The molecule has 3 aromatic rings. The maximum absolute atomic E-state index is 14.1. The maximum atomic E-state index is 14.1. The molecule has 0 saturated carbocycles. The summed E-state index contributed by atoms with van der Waals surface area (Å²) in [6.07, 6.45) is 0.